The number of carbonyl (C=O) groups is 2. The van der Waals surface area contributed by atoms with Crippen LogP contribution in [0.2, 0.25) is 0 Å². The van der Waals surface area contributed by atoms with Gasteiger partial charge in [0.1, 0.15) is 0 Å². The Labute approximate surface area is 518 Å². The Morgan fingerprint density at radius 3 is 0.940 bits per heavy atom. The molecule has 0 rings (SSSR count). The first-order valence-electron chi connectivity index (χ1n) is 37.1. The SMILES string of the molecule is CCCCC/C=C\C/C=C\CCCCCCCC(=O)OCCCCCCCCCCC/C=C\C/C=C\CCCCCCCCCCCCCCCC(=O)NC(CO)C(O)/C=C/CCCCCCCCCCCCCCCCCCCCCC. The number of rotatable bonds is 69. The predicted octanol–water partition coefficient (Wildman–Crippen LogP) is 24.2. The number of amides is 1. The Bertz CT molecular complexity index is 1430. The molecule has 6 heteroatoms. The third-order valence-electron chi connectivity index (χ3n) is 17.0. The quantitative estimate of drug-likeness (QED) is 0.0320. The molecule has 0 aromatic carbocycles. The molecule has 2 atom stereocenters. The third kappa shape index (κ3) is 68.5. The minimum absolute atomic E-state index is 0.00235. The average molecular weight is 1160 g/mol. The van der Waals surface area contributed by atoms with Crippen molar-refractivity contribution < 1.29 is 24.5 Å². The van der Waals surface area contributed by atoms with Gasteiger partial charge in [-0.2, -0.15) is 0 Å². The Balaban J connectivity index is 3.44. The summed E-state index contributed by atoms with van der Waals surface area (Å²) in [6.07, 6.45) is 95.9. The van der Waals surface area contributed by atoms with E-state index in [0.717, 1.165) is 57.8 Å². The van der Waals surface area contributed by atoms with Gasteiger partial charge in [-0.1, -0.05) is 344 Å². The van der Waals surface area contributed by atoms with E-state index in [1.54, 1.807) is 6.08 Å². The Kier molecular flexibility index (Phi) is 69.9. The summed E-state index contributed by atoms with van der Waals surface area (Å²) in [6, 6.07) is -0.631. The van der Waals surface area contributed by atoms with Crippen molar-refractivity contribution in [1.82, 2.24) is 5.32 Å². The molecule has 0 aliphatic carbocycles. The van der Waals surface area contributed by atoms with Gasteiger partial charge in [-0.3, -0.25) is 9.59 Å². The highest BCUT2D eigenvalue weighted by Gasteiger charge is 2.18. The van der Waals surface area contributed by atoms with Crippen LogP contribution in [0.5, 0.6) is 0 Å². The topological polar surface area (TPSA) is 95.9 Å². The molecule has 0 saturated carbocycles. The van der Waals surface area contributed by atoms with Crippen LogP contribution in [-0.4, -0.2) is 47.4 Å². The van der Waals surface area contributed by atoms with Crippen LogP contribution in [0.1, 0.15) is 393 Å². The number of hydrogen-bond donors (Lipinski definition) is 3. The minimum atomic E-state index is -0.848. The monoisotopic (exact) mass is 1160 g/mol. The molecule has 83 heavy (non-hydrogen) atoms. The van der Waals surface area contributed by atoms with Crippen molar-refractivity contribution in [2.24, 2.45) is 0 Å². The predicted molar refractivity (Wildman–Crippen MR) is 365 cm³/mol. The second-order valence-corrected chi connectivity index (χ2v) is 25.3. The van der Waals surface area contributed by atoms with E-state index in [4.69, 9.17) is 4.74 Å². The molecule has 0 heterocycles. The normalized spacial score (nSPS) is 12.9. The van der Waals surface area contributed by atoms with Crippen LogP contribution in [0.4, 0.5) is 0 Å². The maximum Gasteiger partial charge on any atom is 0.305 e. The van der Waals surface area contributed by atoms with E-state index in [2.05, 4.69) is 67.8 Å². The lowest BCUT2D eigenvalue weighted by Crippen LogP contribution is -2.45. The van der Waals surface area contributed by atoms with Gasteiger partial charge < -0.3 is 20.3 Å². The summed E-state index contributed by atoms with van der Waals surface area (Å²) in [5.41, 5.74) is 0. The number of unbranched alkanes of at least 4 members (excludes halogenated alkanes) is 50. The fourth-order valence-corrected chi connectivity index (χ4v) is 11.3. The largest absolute Gasteiger partial charge is 0.466 e. The zero-order valence-electron chi connectivity index (χ0n) is 55.7. The summed E-state index contributed by atoms with van der Waals surface area (Å²) in [4.78, 5) is 24.6. The van der Waals surface area contributed by atoms with Crippen molar-refractivity contribution in [2.75, 3.05) is 13.2 Å². The molecule has 2 unspecified atom stereocenters. The van der Waals surface area contributed by atoms with Crippen LogP contribution in [0.3, 0.4) is 0 Å². The van der Waals surface area contributed by atoms with Gasteiger partial charge in [0.2, 0.25) is 5.91 Å². The Hall–Kier alpha value is -2.44. The Morgan fingerprint density at radius 1 is 0.337 bits per heavy atom. The molecule has 0 aromatic heterocycles. The van der Waals surface area contributed by atoms with E-state index in [0.29, 0.717) is 19.4 Å². The second-order valence-electron chi connectivity index (χ2n) is 25.3. The minimum Gasteiger partial charge on any atom is -0.466 e. The molecule has 0 spiro atoms. The molecule has 0 bridgehead atoms. The van der Waals surface area contributed by atoms with Gasteiger partial charge in [-0.15, -0.1) is 0 Å². The summed E-state index contributed by atoms with van der Waals surface area (Å²) >= 11 is 0. The molecule has 1 amide bonds. The molecule has 0 aliphatic rings. The standard InChI is InChI=1S/C77H143NO5/c1-3-5-7-9-11-13-15-17-19-20-21-22-32-35-38-42-45-49-53-57-61-65-69-75(80)74(73-79)78-76(81)70-66-62-58-54-50-46-43-39-36-33-30-28-26-24-23-25-27-29-31-34-37-40-44-48-52-56-60-64-68-72-83-77(82)71-67-63-59-55-51-47-41-18-16-14-12-10-8-6-4-2/h12,14,18,23,25,29,31,41,65,69,74-75,79-80H,3-11,13,15-17,19-22,24,26-28,30,32-40,42-64,66-68,70-73H2,1-2H3,(H,78,81)/b14-12-,25-23-,31-29-,41-18-,69-65+. The van der Waals surface area contributed by atoms with Crippen molar-refractivity contribution in [3.05, 3.63) is 60.8 Å². The number of carbonyl (C=O) groups excluding carboxylic acids is 2. The van der Waals surface area contributed by atoms with Gasteiger partial charge in [0, 0.05) is 12.8 Å². The average Bonchev–Trinajstić information content (AvgIpc) is 3.49. The number of esters is 1. The van der Waals surface area contributed by atoms with E-state index < -0.39 is 12.1 Å². The first-order chi connectivity index (χ1) is 41.0. The van der Waals surface area contributed by atoms with Crippen molar-refractivity contribution >= 4 is 11.9 Å². The van der Waals surface area contributed by atoms with E-state index in [1.807, 2.05) is 6.08 Å². The van der Waals surface area contributed by atoms with Crippen LogP contribution >= 0.6 is 0 Å². The molecular weight excluding hydrogens is 1020 g/mol. The van der Waals surface area contributed by atoms with Crippen molar-refractivity contribution in [2.45, 2.75) is 405 Å². The lowest BCUT2D eigenvalue weighted by atomic mass is 10.0. The summed E-state index contributed by atoms with van der Waals surface area (Å²) in [6.45, 7) is 4.90. The highest BCUT2D eigenvalue weighted by molar-refractivity contribution is 5.76. The molecule has 3 N–H and O–H groups in total. The fraction of sp³-hybridized carbons (Fsp3) is 0.844. The maximum absolute atomic E-state index is 12.5. The van der Waals surface area contributed by atoms with Gasteiger partial charge in [-0.25, -0.2) is 0 Å². The summed E-state index contributed by atoms with van der Waals surface area (Å²) in [5, 5.41) is 23.3. The van der Waals surface area contributed by atoms with Crippen LogP contribution < -0.4 is 5.32 Å². The molecule has 0 aliphatic heterocycles. The highest BCUT2D eigenvalue weighted by atomic mass is 16.5. The number of aliphatic hydroxyl groups excluding tert-OH is 2. The molecule has 0 radical (unpaired) electrons. The summed E-state index contributed by atoms with van der Waals surface area (Å²) in [7, 11) is 0. The summed E-state index contributed by atoms with van der Waals surface area (Å²) in [5.74, 6) is -0.0682. The number of allylic oxidation sites excluding steroid dienone is 9. The van der Waals surface area contributed by atoms with Crippen LogP contribution in [-0.2, 0) is 14.3 Å². The van der Waals surface area contributed by atoms with Crippen LogP contribution in [0.25, 0.3) is 0 Å². The van der Waals surface area contributed by atoms with Crippen molar-refractivity contribution in [3.63, 3.8) is 0 Å². The van der Waals surface area contributed by atoms with Crippen LogP contribution in [0, 0.1) is 0 Å². The molecule has 0 fully saturated rings. The zero-order chi connectivity index (χ0) is 59.9. The van der Waals surface area contributed by atoms with Crippen molar-refractivity contribution in [3.8, 4) is 0 Å². The van der Waals surface area contributed by atoms with Gasteiger partial charge >= 0.3 is 5.97 Å². The fourth-order valence-electron chi connectivity index (χ4n) is 11.3. The maximum atomic E-state index is 12.5. The van der Waals surface area contributed by atoms with Gasteiger partial charge in [0.15, 0.2) is 0 Å². The van der Waals surface area contributed by atoms with Gasteiger partial charge in [-0.05, 0) is 96.3 Å². The number of nitrogens with one attached hydrogen (secondary N) is 1. The van der Waals surface area contributed by atoms with Gasteiger partial charge in [0.25, 0.3) is 0 Å². The third-order valence-corrected chi connectivity index (χ3v) is 17.0. The molecule has 486 valence electrons. The molecule has 0 aromatic rings. The van der Waals surface area contributed by atoms with Crippen LogP contribution in [0.15, 0.2) is 60.8 Å². The van der Waals surface area contributed by atoms with E-state index in [1.165, 1.54) is 308 Å². The van der Waals surface area contributed by atoms with E-state index in [9.17, 15) is 19.8 Å². The highest BCUT2D eigenvalue weighted by Crippen LogP contribution is 2.18. The number of aliphatic hydroxyl groups is 2. The Morgan fingerprint density at radius 2 is 0.602 bits per heavy atom. The second kappa shape index (κ2) is 72.0. The number of hydrogen-bond acceptors (Lipinski definition) is 5. The zero-order valence-corrected chi connectivity index (χ0v) is 55.7. The molecule has 0 saturated heterocycles. The van der Waals surface area contributed by atoms with Crippen molar-refractivity contribution in [1.29, 1.82) is 0 Å². The van der Waals surface area contributed by atoms with E-state index in [-0.39, 0.29) is 18.5 Å². The first-order valence-corrected chi connectivity index (χ1v) is 37.1. The summed E-state index contributed by atoms with van der Waals surface area (Å²) < 4.78 is 5.48. The molecule has 6 nitrogen and oxygen atoms in total. The first kappa shape index (κ1) is 80.6. The lowest BCUT2D eigenvalue weighted by Gasteiger charge is -2.20. The number of ether oxygens (including phenoxy) is 1. The van der Waals surface area contributed by atoms with E-state index >= 15 is 0 Å². The lowest BCUT2D eigenvalue weighted by molar-refractivity contribution is -0.143. The molecular formula is C77H143NO5. The van der Waals surface area contributed by atoms with Gasteiger partial charge in [0.05, 0.1) is 25.4 Å². The smallest absolute Gasteiger partial charge is 0.305 e.